The van der Waals surface area contributed by atoms with E-state index in [0.29, 0.717) is 0 Å². The van der Waals surface area contributed by atoms with Crippen LogP contribution in [0, 0.1) is 0 Å². The van der Waals surface area contributed by atoms with Gasteiger partial charge in [-0.3, -0.25) is 0 Å². The normalized spacial score (nSPS) is 10.7. The first-order valence-electron chi connectivity index (χ1n) is 5.43. The molecule has 0 bridgehead atoms. The summed E-state index contributed by atoms with van der Waals surface area (Å²) in [6, 6.07) is 10.5. The number of hydrogen-bond donors (Lipinski definition) is 1. The molecule has 0 amide bonds. The van der Waals surface area contributed by atoms with Crippen LogP contribution in [0.3, 0.4) is 0 Å². The largest absolute Gasteiger partial charge is 0.376 e. The van der Waals surface area contributed by atoms with Gasteiger partial charge in [-0.05, 0) is 19.2 Å². The molecular formula is C13H17N3. The van der Waals surface area contributed by atoms with Crippen LogP contribution in [0.1, 0.15) is 5.69 Å². The second-order valence-corrected chi connectivity index (χ2v) is 4.08. The molecule has 2 aromatic rings. The summed E-state index contributed by atoms with van der Waals surface area (Å²) >= 11 is 0. The van der Waals surface area contributed by atoms with Crippen molar-refractivity contribution < 1.29 is 0 Å². The lowest BCUT2D eigenvalue weighted by Gasteiger charge is -2.15. The third-order valence-electron chi connectivity index (χ3n) is 2.60. The third kappa shape index (κ3) is 1.99. The van der Waals surface area contributed by atoms with E-state index in [2.05, 4.69) is 45.5 Å². The summed E-state index contributed by atoms with van der Waals surface area (Å²) in [4.78, 5) is 6.78. The van der Waals surface area contributed by atoms with Gasteiger partial charge in [-0.25, -0.2) is 4.98 Å². The smallest absolute Gasteiger partial charge is 0.0938 e. The van der Waals surface area contributed by atoms with Gasteiger partial charge in [0.1, 0.15) is 0 Å². The summed E-state index contributed by atoms with van der Waals surface area (Å²) in [6.07, 6.45) is 0. The minimum atomic E-state index is 0.803. The van der Waals surface area contributed by atoms with Crippen molar-refractivity contribution in [2.75, 3.05) is 26.0 Å². The SMILES string of the molecule is CNCc1ccc2cccc(N(C)C)c2n1. The highest BCUT2D eigenvalue weighted by Gasteiger charge is 2.04. The first kappa shape index (κ1) is 10.9. The van der Waals surface area contributed by atoms with Gasteiger partial charge in [-0.1, -0.05) is 18.2 Å². The van der Waals surface area contributed by atoms with E-state index in [4.69, 9.17) is 0 Å². The number of nitrogens with zero attached hydrogens (tertiary/aromatic N) is 2. The van der Waals surface area contributed by atoms with Crippen molar-refractivity contribution in [3.63, 3.8) is 0 Å². The Morgan fingerprint density at radius 2 is 2.00 bits per heavy atom. The monoisotopic (exact) mass is 215 g/mol. The van der Waals surface area contributed by atoms with Gasteiger partial charge in [0.25, 0.3) is 0 Å². The molecule has 16 heavy (non-hydrogen) atoms. The zero-order valence-corrected chi connectivity index (χ0v) is 9.99. The van der Waals surface area contributed by atoms with E-state index in [1.807, 2.05) is 21.1 Å². The molecule has 1 aromatic heterocycles. The van der Waals surface area contributed by atoms with Gasteiger partial charge in [0.2, 0.25) is 0 Å². The summed E-state index contributed by atoms with van der Waals surface area (Å²) in [5, 5.41) is 4.31. The van der Waals surface area contributed by atoms with E-state index >= 15 is 0 Å². The summed E-state index contributed by atoms with van der Waals surface area (Å²) < 4.78 is 0. The van der Waals surface area contributed by atoms with Crippen LogP contribution in [-0.4, -0.2) is 26.1 Å². The molecule has 1 heterocycles. The number of para-hydroxylation sites is 1. The zero-order valence-electron chi connectivity index (χ0n) is 9.99. The number of rotatable bonds is 3. The Hall–Kier alpha value is -1.61. The molecule has 3 heteroatoms. The van der Waals surface area contributed by atoms with Crippen LogP contribution in [0.5, 0.6) is 0 Å². The van der Waals surface area contributed by atoms with Crippen molar-refractivity contribution in [2.24, 2.45) is 0 Å². The molecular weight excluding hydrogens is 198 g/mol. The molecule has 3 nitrogen and oxygen atoms in total. The Morgan fingerprint density at radius 1 is 1.19 bits per heavy atom. The highest BCUT2D eigenvalue weighted by Crippen LogP contribution is 2.23. The van der Waals surface area contributed by atoms with Crippen LogP contribution in [0.25, 0.3) is 10.9 Å². The summed E-state index contributed by atoms with van der Waals surface area (Å²) in [5.74, 6) is 0. The topological polar surface area (TPSA) is 28.2 Å². The van der Waals surface area contributed by atoms with Crippen LogP contribution < -0.4 is 10.2 Å². The molecule has 0 radical (unpaired) electrons. The van der Waals surface area contributed by atoms with Crippen molar-refractivity contribution in [1.29, 1.82) is 0 Å². The molecule has 1 aromatic carbocycles. The molecule has 0 aliphatic heterocycles. The van der Waals surface area contributed by atoms with E-state index in [1.165, 1.54) is 5.39 Å². The lowest BCUT2D eigenvalue weighted by molar-refractivity contribution is 0.795. The van der Waals surface area contributed by atoms with Crippen molar-refractivity contribution in [3.8, 4) is 0 Å². The van der Waals surface area contributed by atoms with Crippen LogP contribution in [-0.2, 0) is 6.54 Å². The van der Waals surface area contributed by atoms with E-state index in [0.717, 1.165) is 23.4 Å². The minimum Gasteiger partial charge on any atom is -0.376 e. The maximum absolute atomic E-state index is 4.68. The fraction of sp³-hybridized carbons (Fsp3) is 0.308. The van der Waals surface area contributed by atoms with Gasteiger partial charge in [0, 0.05) is 26.0 Å². The molecule has 0 fully saturated rings. The standard InChI is InChI=1S/C13H17N3/c1-14-9-11-8-7-10-5-4-6-12(16(2)3)13(10)15-11/h4-8,14H,9H2,1-3H3. The number of fused-ring (bicyclic) bond motifs is 1. The predicted molar refractivity (Wildman–Crippen MR) is 68.8 cm³/mol. The molecule has 0 atom stereocenters. The molecule has 0 saturated carbocycles. The Balaban J connectivity index is 2.59. The summed E-state index contributed by atoms with van der Waals surface area (Å²) in [5.41, 5.74) is 3.31. The molecule has 0 saturated heterocycles. The Morgan fingerprint density at radius 3 is 2.69 bits per heavy atom. The van der Waals surface area contributed by atoms with Crippen molar-refractivity contribution >= 4 is 16.6 Å². The second kappa shape index (κ2) is 4.49. The Kier molecular flexibility index (Phi) is 3.06. The van der Waals surface area contributed by atoms with Crippen LogP contribution in [0.2, 0.25) is 0 Å². The van der Waals surface area contributed by atoms with E-state index in [-0.39, 0.29) is 0 Å². The summed E-state index contributed by atoms with van der Waals surface area (Å²) in [6.45, 7) is 0.803. The van der Waals surface area contributed by atoms with E-state index in [9.17, 15) is 0 Å². The fourth-order valence-corrected chi connectivity index (χ4v) is 1.81. The fourth-order valence-electron chi connectivity index (χ4n) is 1.81. The van der Waals surface area contributed by atoms with Crippen LogP contribution in [0.15, 0.2) is 30.3 Å². The van der Waals surface area contributed by atoms with Gasteiger partial charge in [-0.2, -0.15) is 0 Å². The lowest BCUT2D eigenvalue weighted by atomic mass is 10.1. The minimum absolute atomic E-state index is 0.803. The van der Waals surface area contributed by atoms with E-state index in [1.54, 1.807) is 0 Å². The van der Waals surface area contributed by atoms with Gasteiger partial charge >= 0.3 is 0 Å². The lowest BCUT2D eigenvalue weighted by Crippen LogP contribution is -2.11. The zero-order chi connectivity index (χ0) is 11.5. The van der Waals surface area contributed by atoms with E-state index < -0.39 is 0 Å². The van der Waals surface area contributed by atoms with Gasteiger partial charge in [0.15, 0.2) is 0 Å². The van der Waals surface area contributed by atoms with Crippen LogP contribution in [0.4, 0.5) is 5.69 Å². The highest BCUT2D eigenvalue weighted by molar-refractivity contribution is 5.90. The number of nitrogens with one attached hydrogen (secondary N) is 1. The highest BCUT2D eigenvalue weighted by atomic mass is 15.1. The van der Waals surface area contributed by atoms with Crippen molar-refractivity contribution in [2.45, 2.75) is 6.54 Å². The third-order valence-corrected chi connectivity index (χ3v) is 2.60. The molecule has 0 unspecified atom stereocenters. The predicted octanol–water partition coefficient (Wildman–Crippen LogP) is 2.02. The summed E-state index contributed by atoms with van der Waals surface area (Å²) in [7, 11) is 6.02. The van der Waals surface area contributed by atoms with Gasteiger partial charge < -0.3 is 10.2 Å². The number of aromatic nitrogens is 1. The van der Waals surface area contributed by atoms with Crippen molar-refractivity contribution in [1.82, 2.24) is 10.3 Å². The average Bonchev–Trinajstić information content (AvgIpc) is 2.28. The average molecular weight is 215 g/mol. The number of anilines is 1. The maximum atomic E-state index is 4.68. The molecule has 0 aliphatic carbocycles. The molecule has 84 valence electrons. The molecule has 0 aliphatic rings. The maximum Gasteiger partial charge on any atom is 0.0938 e. The quantitative estimate of drug-likeness (QED) is 0.849. The number of benzene rings is 1. The van der Waals surface area contributed by atoms with Gasteiger partial charge in [-0.15, -0.1) is 0 Å². The van der Waals surface area contributed by atoms with Gasteiger partial charge in [0.05, 0.1) is 16.9 Å². The Labute approximate surface area is 96.1 Å². The second-order valence-electron chi connectivity index (χ2n) is 4.08. The first-order valence-corrected chi connectivity index (χ1v) is 5.43. The first-order chi connectivity index (χ1) is 7.72. The van der Waals surface area contributed by atoms with Crippen LogP contribution >= 0.6 is 0 Å². The molecule has 0 spiro atoms. The molecule has 2 rings (SSSR count). The molecule has 1 N–H and O–H groups in total. The van der Waals surface area contributed by atoms with Crippen molar-refractivity contribution in [3.05, 3.63) is 36.0 Å². The number of hydrogen-bond acceptors (Lipinski definition) is 3. The Bertz CT molecular complexity index is 492. The number of pyridine rings is 1.